The SMILES string of the molecule is CCC(C)n1nccc1NC(=O)CSc1nncn1-c1ccc(C)c(C)c1. The van der Waals surface area contributed by atoms with Crippen LogP contribution in [0.15, 0.2) is 41.9 Å². The lowest BCUT2D eigenvalue weighted by Crippen LogP contribution is -2.19. The Hall–Kier alpha value is -2.61. The van der Waals surface area contributed by atoms with E-state index in [2.05, 4.69) is 60.4 Å². The van der Waals surface area contributed by atoms with Crippen molar-refractivity contribution in [3.8, 4) is 5.69 Å². The number of nitrogens with one attached hydrogen (secondary N) is 1. The van der Waals surface area contributed by atoms with Gasteiger partial charge in [0.15, 0.2) is 5.16 Å². The fourth-order valence-electron chi connectivity index (χ4n) is 2.62. The molecule has 1 unspecified atom stereocenters. The molecular weight excluding hydrogens is 360 g/mol. The van der Waals surface area contributed by atoms with Crippen LogP contribution in [0.2, 0.25) is 0 Å². The van der Waals surface area contributed by atoms with Crippen LogP contribution in [0.3, 0.4) is 0 Å². The minimum absolute atomic E-state index is 0.0975. The number of benzene rings is 1. The smallest absolute Gasteiger partial charge is 0.235 e. The second-order valence-corrected chi connectivity index (χ2v) is 7.45. The van der Waals surface area contributed by atoms with Crippen molar-refractivity contribution < 1.29 is 4.79 Å². The van der Waals surface area contributed by atoms with Crippen molar-refractivity contribution in [1.82, 2.24) is 24.5 Å². The minimum Gasteiger partial charge on any atom is -0.310 e. The molecule has 7 nitrogen and oxygen atoms in total. The monoisotopic (exact) mass is 384 g/mol. The number of rotatable bonds is 7. The van der Waals surface area contributed by atoms with Crippen LogP contribution in [0.1, 0.15) is 37.4 Å². The second-order valence-electron chi connectivity index (χ2n) is 6.51. The second kappa shape index (κ2) is 8.39. The molecule has 142 valence electrons. The van der Waals surface area contributed by atoms with Gasteiger partial charge in [-0.15, -0.1) is 10.2 Å². The van der Waals surface area contributed by atoms with Crippen molar-refractivity contribution in [2.75, 3.05) is 11.1 Å². The zero-order valence-electron chi connectivity index (χ0n) is 16.0. The predicted molar refractivity (Wildman–Crippen MR) is 107 cm³/mol. The molecule has 27 heavy (non-hydrogen) atoms. The number of amides is 1. The van der Waals surface area contributed by atoms with Crippen LogP contribution >= 0.6 is 11.8 Å². The molecule has 1 aromatic carbocycles. The number of hydrogen-bond donors (Lipinski definition) is 1. The van der Waals surface area contributed by atoms with Gasteiger partial charge in [-0.3, -0.25) is 9.36 Å². The quantitative estimate of drug-likeness (QED) is 0.627. The van der Waals surface area contributed by atoms with E-state index in [0.717, 1.165) is 12.1 Å². The molecule has 0 aliphatic carbocycles. The highest BCUT2D eigenvalue weighted by Gasteiger charge is 2.14. The summed E-state index contributed by atoms with van der Waals surface area (Å²) in [5, 5.41) is 16.0. The molecule has 0 spiro atoms. The Labute approximate surface area is 163 Å². The summed E-state index contributed by atoms with van der Waals surface area (Å²) in [5.74, 6) is 0.861. The summed E-state index contributed by atoms with van der Waals surface area (Å²) in [7, 11) is 0. The van der Waals surface area contributed by atoms with Gasteiger partial charge in [-0.05, 0) is 50.5 Å². The van der Waals surface area contributed by atoms with Crippen LogP contribution in [-0.4, -0.2) is 36.2 Å². The summed E-state index contributed by atoms with van der Waals surface area (Å²) in [5.41, 5.74) is 3.42. The molecule has 3 rings (SSSR count). The van der Waals surface area contributed by atoms with Gasteiger partial charge in [0.25, 0.3) is 0 Å². The van der Waals surface area contributed by atoms with Gasteiger partial charge in [-0.1, -0.05) is 24.8 Å². The Morgan fingerprint density at radius 2 is 2.07 bits per heavy atom. The predicted octanol–water partition coefficient (Wildman–Crippen LogP) is 3.78. The molecule has 1 amide bonds. The van der Waals surface area contributed by atoms with E-state index in [0.29, 0.717) is 11.0 Å². The van der Waals surface area contributed by atoms with Crippen LogP contribution in [0.25, 0.3) is 5.69 Å². The molecule has 0 bridgehead atoms. The van der Waals surface area contributed by atoms with E-state index in [-0.39, 0.29) is 17.7 Å². The molecule has 1 atom stereocenters. The van der Waals surface area contributed by atoms with Crippen LogP contribution in [0.4, 0.5) is 5.82 Å². The molecule has 0 saturated heterocycles. The van der Waals surface area contributed by atoms with E-state index in [1.165, 1.54) is 22.9 Å². The van der Waals surface area contributed by atoms with E-state index in [1.807, 2.05) is 21.4 Å². The van der Waals surface area contributed by atoms with E-state index in [4.69, 9.17) is 0 Å². The number of thioether (sulfide) groups is 1. The van der Waals surface area contributed by atoms with Crippen LogP contribution in [0, 0.1) is 13.8 Å². The first-order chi connectivity index (χ1) is 13.0. The topological polar surface area (TPSA) is 77.6 Å². The number of carbonyl (C=O) groups excluding carboxylic acids is 1. The zero-order chi connectivity index (χ0) is 19.4. The Balaban J connectivity index is 1.66. The Bertz CT molecular complexity index is 932. The van der Waals surface area contributed by atoms with Gasteiger partial charge in [-0.25, -0.2) is 4.68 Å². The molecule has 2 heterocycles. The standard InChI is InChI=1S/C19H24N6OS/c1-5-15(4)25-17(8-9-21-25)22-18(26)11-27-19-23-20-12-24(19)16-7-6-13(2)14(3)10-16/h6-10,12,15H,5,11H2,1-4H3,(H,22,26). The van der Waals surface area contributed by atoms with Crippen molar-refractivity contribution >= 4 is 23.5 Å². The summed E-state index contributed by atoms with van der Waals surface area (Å²) in [6.07, 6.45) is 4.31. The highest BCUT2D eigenvalue weighted by molar-refractivity contribution is 7.99. The molecule has 8 heteroatoms. The molecule has 0 aliphatic heterocycles. The lowest BCUT2D eigenvalue weighted by molar-refractivity contribution is -0.113. The number of anilines is 1. The first-order valence-electron chi connectivity index (χ1n) is 8.93. The molecule has 0 fully saturated rings. The van der Waals surface area contributed by atoms with Gasteiger partial charge in [-0.2, -0.15) is 5.10 Å². The number of hydrogen-bond acceptors (Lipinski definition) is 5. The third-order valence-corrected chi connectivity index (χ3v) is 5.51. The minimum atomic E-state index is -0.0975. The van der Waals surface area contributed by atoms with E-state index >= 15 is 0 Å². The van der Waals surface area contributed by atoms with Crippen molar-refractivity contribution in [3.05, 3.63) is 47.9 Å². The third-order valence-electron chi connectivity index (χ3n) is 4.56. The molecule has 0 radical (unpaired) electrons. The Kier molecular flexibility index (Phi) is 5.95. The highest BCUT2D eigenvalue weighted by atomic mass is 32.2. The first kappa shape index (κ1) is 19.2. The van der Waals surface area contributed by atoms with Gasteiger partial charge in [0, 0.05) is 11.8 Å². The molecular formula is C19H24N6OS. The average Bonchev–Trinajstić information content (AvgIpc) is 3.31. The Morgan fingerprint density at radius 1 is 1.26 bits per heavy atom. The van der Waals surface area contributed by atoms with E-state index in [1.54, 1.807) is 12.5 Å². The third kappa shape index (κ3) is 4.39. The normalized spacial score (nSPS) is 12.1. The highest BCUT2D eigenvalue weighted by Crippen LogP contribution is 2.22. The lowest BCUT2D eigenvalue weighted by atomic mass is 10.1. The largest absolute Gasteiger partial charge is 0.310 e. The van der Waals surface area contributed by atoms with E-state index < -0.39 is 0 Å². The molecule has 1 N–H and O–H groups in total. The molecule has 2 aromatic heterocycles. The van der Waals surface area contributed by atoms with Crippen LogP contribution < -0.4 is 5.32 Å². The van der Waals surface area contributed by atoms with Crippen molar-refractivity contribution in [1.29, 1.82) is 0 Å². The fourth-order valence-corrected chi connectivity index (χ4v) is 3.35. The van der Waals surface area contributed by atoms with Crippen LogP contribution in [-0.2, 0) is 4.79 Å². The average molecular weight is 385 g/mol. The number of carbonyl (C=O) groups is 1. The maximum Gasteiger partial charge on any atom is 0.235 e. The van der Waals surface area contributed by atoms with Gasteiger partial charge < -0.3 is 5.32 Å². The summed E-state index contributed by atoms with van der Waals surface area (Å²) >= 11 is 1.36. The summed E-state index contributed by atoms with van der Waals surface area (Å²) in [4.78, 5) is 12.4. The van der Waals surface area contributed by atoms with Crippen molar-refractivity contribution in [2.24, 2.45) is 0 Å². The number of nitrogens with zero attached hydrogens (tertiary/aromatic N) is 5. The zero-order valence-corrected chi connectivity index (χ0v) is 16.8. The first-order valence-corrected chi connectivity index (χ1v) is 9.92. The summed E-state index contributed by atoms with van der Waals surface area (Å²) in [6.45, 7) is 8.32. The van der Waals surface area contributed by atoms with Crippen molar-refractivity contribution in [3.63, 3.8) is 0 Å². The van der Waals surface area contributed by atoms with Gasteiger partial charge in [0.1, 0.15) is 12.1 Å². The van der Waals surface area contributed by atoms with Gasteiger partial charge in [0.2, 0.25) is 5.91 Å². The van der Waals surface area contributed by atoms with Gasteiger partial charge in [0.05, 0.1) is 18.0 Å². The molecule has 0 saturated carbocycles. The number of aromatic nitrogens is 5. The summed E-state index contributed by atoms with van der Waals surface area (Å²) < 4.78 is 3.73. The fraction of sp³-hybridized carbons (Fsp3) is 0.368. The number of aryl methyl sites for hydroxylation is 2. The lowest BCUT2D eigenvalue weighted by Gasteiger charge is -2.14. The molecule has 0 aliphatic rings. The Morgan fingerprint density at radius 3 is 2.81 bits per heavy atom. The molecule has 3 aromatic rings. The van der Waals surface area contributed by atoms with E-state index in [9.17, 15) is 4.79 Å². The van der Waals surface area contributed by atoms with Crippen LogP contribution in [0.5, 0.6) is 0 Å². The van der Waals surface area contributed by atoms with Gasteiger partial charge >= 0.3 is 0 Å². The maximum atomic E-state index is 12.4. The van der Waals surface area contributed by atoms with Crippen molar-refractivity contribution in [2.45, 2.75) is 45.3 Å². The maximum absolute atomic E-state index is 12.4. The summed E-state index contributed by atoms with van der Waals surface area (Å²) in [6, 6.07) is 8.23.